The number of halogens is 4. The average molecular weight is 550 g/mol. The van der Waals surface area contributed by atoms with Crippen LogP contribution in [0, 0.1) is 5.82 Å². The van der Waals surface area contributed by atoms with E-state index in [1.54, 1.807) is 12.1 Å². The van der Waals surface area contributed by atoms with E-state index in [1.807, 2.05) is 42.3 Å². The molecule has 3 heterocycles. The van der Waals surface area contributed by atoms with Crippen LogP contribution in [0.5, 0.6) is 0 Å². The zero-order valence-electron chi connectivity index (χ0n) is 21.2. The van der Waals surface area contributed by atoms with Crippen LogP contribution in [0.15, 0.2) is 77.7 Å². The van der Waals surface area contributed by atoms with Crippen molar-refractivity contribution in [3.05, 3.63) is 106 Å². The summed E-state index contributed by atoms with van der Waals surface area (Å²) in [5, 5.41) is 8.56. The quantitative estimate of drug-likeness (QED) is 0.311. The molecule has 0 saturated carbocycles. The van der Waals surface area contributed by atoms with Crippen molar-refractivity contribution in [2.24, 2.45) is 0 Å². The summed E-state index contributed by atoms with van der Waals surface area (Å²) in [7, 11) is 1.82. The van der Waals surface area contributed by atoms with Gasteiger partial charge in [-0.25, -0.2) is 8.91 Å². The van der Waals surface area contributed by atoms with E-state index in [2.05, 4.69) is 15.4 Å². The second-order valence-electron chi connectivity index (χ2n) is 10.1. The van der Waals surface area contributed by atoms with E-state index < -0.39 is 45.8 Å². The van der Waals surface area contributed by atoms with Gasteiger partial charge in [-0.3, -0.25) is 9.59 Å². The third-order valence-corrected chi connectivity index (χ3v) is 7.39. The van der Waals surface area contributed by atoms with Crippen molar-refractivity contribution < 1.29 is 22.4 Å². The van der Waals surface area contributed by atoms with Crippen LogP contribution in [0.25, 0.3) is 27.5 Å². The molecule has 2 aromatic heterocycles. The minimum atomic E-state index is -5.04. The van der Waals surface area contributed by atoms with E-state index in [1.165, 1.54) is 30.5 Å². The number of fused-ring (bicyclic) bond motifs is 2. The van der Waals surface area contributed by atoms with Gasteiger partial charge < -0.3 is 15.2 Å². The van der Waals surface area contributed by atoms with Gasteiger partial charge in [0.15, 0.2) is 5.69 Å². The number of hydrogen-bond acceptors (Lipinski definition) is 4. The Morgan fingerprint density at radius 2 is 1.77 bits per heavy atom. The first-order chi connectivity index (χ1) is 19.0. The molecule has 40 heavy (non-hydrogen) atoms. The zero-order chi connectivity index (χ0) is 28.2. The maximum absolute atomic E-state index is 14.4. The number of likely N-dealkylation sites (tertiary alicyclic amines) is 1. The largest absolute Gasteiger partial charge is 0.421 e. The van der Waals surface area contributed by atoms with Crippen molar-refractivity contribution in [3.8, 4) is 11.3 Å². The SMILES string of the molecule is CN1CCC(NC(=O)c2nn3cc(-c4ccc5ccccc5c4)[nH]c(=O)c3c2C(F)(F)F)(c2ccc(F)cc2)C1. The Hall–Kier alpha value is -4.51. The predicted octanol–water partition coefficient (Wildman–Crippen LogP) is 4.96. The van der Waals surface area contributed by atoms with Gasteiger partial charge in [0, 0.05) is 18.7 Å². The van der Waals surface area contributed by atoms with E-state index >= 15 is 0 Å². The second-order valence-corrected chi connectivity index (χ2v) is 10.1. The number of carbonyl (C=O) groups is 1. The third kappa shape index (κ3) is 4.41. The molecule has 2 N–H and O–H groups in total. The van der Waals surface area contributed by atoms with Gasteiger partial charge in [-0.05, 0) is 48.0 Å². The maximum atomic E-state index is 14.4. The lowest BCUT2D eigenvalue weighted by Gasteiger charge is -2.31. The van der Waals surface area contributed by atoms with Crippen molar-refractivity contribution in [3.63, 3.8) is 0 Å². The number of amides is 1. The lowest BCUT2D eigenvalue weighted by atomic mass is 9.88. The minimum Gasteiger partial charge on any atom is -0.340 e. The number of hydrogen-bond donors (Lipinski definition) is 2. The molecule has 0 bridgehead atoms. The van der Waals surface area contributed by atoms with Crippen LogP contribution in [-0.4, -0.2) is 45.5 Å². The summed E-state index contributed by atoms with van der Waals surface area (Å²) in [6.45, 7) is 0.857. The van der Waals surface area contributed by atoms with Crippen LogP contribution in [0.2, 0.25) is 0 Å². The molecule has 1 unspecified atom stereocenters. The Bertz CT molecular complexity index is 1830. The Labute approximate surface area is 225 Å². The highest BCUT2D eigenvalue weighted by Gasteiger charge is 2.45. The van der Waals surface area contributed by atoms with Gasteiger partial charge in [0.25, 0.3) is 11.5 Å². The van der Waals surface area contributed by atoms with Gasteiger partial charge in [-0.15, -0.1) is 0 Å². The lowest BCUT2D eigenvalue weighted by Crippen LogP contribution is -2.48. The molecule has 11 heteroatoms. The minimum absolute atomic E-state index is 0.242. The summed E-state index contributed by atoms with van der Waals surface area (Å²) < 4.78 is 57.5. The maximum Gasteiger partial charge on any atom is 0.421 e. The fourth-order valence-corrected chi connectivity index (χ4v) is 5.47. The summed E-state index contributed by atoms with van der Waals surface area (Å²) in [4.78, 5) is 31.0. The molecule has 1 saturated heterocycles. The number of H-pyrrole nitrogens is 1. The molecule has 1 fully saturated rings. The van der Waals surface area contributed by atoms with E-state index in [0.29, 0.717) is 30.6 Å². The van der Waals surface area contributed by atoms with Crippen LogP contribution >= 0.6 is 0 Å². The standard InChI is InChI=1S/C29H23F4N5O2/c1-37-13-12-28(16-37,20-8-10-21(30)11-9-20)35-26(39)24-23(29(31,32)33)25-27(40)34-22(15-38(25)36-24)19-7-6-17-4-2-3-5-18(17)14-19/h2-11,14-15H,12-13,16H2,1H3,(H,34,40)(H,35,39). The summed E-state index contributed by atoms with van der Waals surface area (Å²) >= 11 is 0. The summed E-state index contributed by atoms with van der Waals surface area (Å²) in [6, 6.07) is 18.4. The smallest absolute Gasteiger partial charge is 0.340 e. The zero-order valence-corrected chi connectivity index (χ0v) is 21.2. The summed E-state index contributed by atoms with van der Waals surface area (Å²) in [5.74, 6) is -1.56. The topological polar surface area (TPSA) is 82.5 Å². The number of benzene rings is 3. The molecule has 1 amide bonds. The lowest BCUT2D eigenvalue weighted by molar-refractivity contribution is -0.136. The van der Waals surface area contributed by atoms with Gasteiger partial charge >= 0.3 is 6.18 Å². The molecule has 0 spiro atoms. The Morgan fingerprint density at radius 3 is 2.45 bits per heavy atom. The van der Waals surface area contributed by atoms with Gasteiger partial charge in [-0.1, -0.05) is 48.5 Å². The number of aromatic nitrogens is 3. The first-order valence-electron chi connectivity index (χ1n) is 12.5. The molecule has 0 aliphatic carbocycles. The van der Waals surface area contributed by atoms with Gasteiger partial charge in [-0.2, -0.15) is 18.3 Å². The Morgan fingerprint density at radius 1 is 1.05 bits per heavy atom. The first-order valence-corrected chi connectivity index (χ1v) is 12.5. The first kappa shape index (κ1) is 25.8. The van der Waals surface area contributed by atoms with Crippen LogP contribution in [-0.2, 0) is 11.7 Å². The second kappa shape index (κ2) is 9.30. The van der Waals surface area contributed by atoms with Crippen molar-refractivity contribution in [1.29, 1.82) is 0 Å². The molecule has 204 valence electrons. The number of nitrogens with one attached hydrogen (secondary N) is 2. The fraction of sp³-hybridized carbons (Fsp3) is 0.207. The highest BCUT2D eigenvalue weighted by molar-refractivity contribution is 5.96. The molecule has 1 aliphatic rings. The molecule has 3 aromatic carbocycles. The fourth-order valence-electron chi connectivity index (χ4n) is 5.47. The predicted molar refractivity (Wildman–Crippen MR) is 141 cm³/mol. The number of rotatable bonds is 4. The molecule has 5 aromatic rings. The molecular formula is C29H23F4N5O2. The highest BCUT2D eigenvalue weighted by atomic mass is 19.4. The van der Waals surface area contributed by atoms with Crippen molar-refractivity contribution in [2.75, 3.05) is 20.1 Å². The van der Waals surface area contributed by atoms with Gasteiger partial charge in [0.1, 0.15) is 16.9 Å². The third-order valence-electron chi connectivity index (χ3n) is 7.39. The Balaban J connectivity index is 1.46. The average Bonchev–Trinajstić information content (AvgIpc) is 3.50. The number of alkyl halides is 3. The van der Waals surface area contributed by atoms with Crippen molar-refractivity contribution >= 4 is 22.2 Å². The Kier molecular flexibility index (Phi) is 5.99. The van der Waals surface area contributed by atoms with Gasteiger partial charge in [0.2, 0.25) is 0 Å². The van der Waals surface area contributed by atoms with E-state index in [-0.39, 0.29) is 5.69 Å². The molecule has 7 nitrogen and oxygen atoms in total. The van der Waals surface area contributed by atoms with E-state index in [4.69, 9.17) is 0 Å². The summed E-state index contributed by atoms with van der Waals surface area (Å²) in [5.41, 5.74) is -3.84. The van der Waals surface area contributed by atoms with Gasteiger partial charge in [0.05, 0.1) is 17.4 Å². The molecule has 0 radical (unpaired) electrons. The number of nitrogens with zero attached hydrogens (tertiary/aromatic N) is 3. The van der Waals surface area contributed by atoms with Crippen molar-refractivity contribution in [2.45, 2.75) is 18.1 Å². The number of likely N-dealkylation sites (N-methyl/N-ethyl adjacent to an activating group) is 1. The van der Waals surface area contributed by atoms with Crippen LogP contribution in [0.1, 0.15) is 28.0 Å². The van der Waals surface area contributed by atoms with Crippen LogP contribution < -0.4 is 10.9 Å². The molecular weight excluding hydrogens is 526 g/mol. The normalized spacial score (nSPS) is 18.0. The monoisotopic (exact) mass is 549 g/mol. The van der Waals surface area contributed by atoms with Crippen molar-refractivity contribution in [1.82, 2.24) is 24.8 Å². The van der Waals surface area contributed by atoms with E-state index in [0.717, 1.165) is 15.3 Å². The molecule has 1 aliphatic heterocycles. The summed E-state index contributed by atoms with van der Waals surface area (Å²) in [6.07, 6.45) is -3.38. The highest BCUT2D eigenvalue weighted by Crippen LogP contribution is 2.37. The van der Waals surface area contributed by atoms with Crippen LogP contribution in [0.3, 0.4) is 0 Å². The molecule has 1 atom stereocenters. The van der Waals surface area contributed by atoms with E-state index in [9.17, 15) is 27.2 Å². The number of carbonyl (C=O) groups excluding carboxylic acids is 1. The molecule has 6 rings (SSSR count). The number of aromatic amines is 1. The van der Waals surface area contributed by atoms with Crippen LogP contribution in [0.4, 0.5) is 17.6 Å².